The van der Waals surface area contributed by atoms with E-state index in [0.717, 1.165) is 0 Å². The summed E-state index contributed by atoms with van der Waals surface area (Å²) in [6, 6.07) is 13.9. The molecule has 4 heteroatoms. The number of benzene rings is 2. The van der Waals surface area contributed by atoms with Gasteiger partial charge in [-0.25, -0.2) is 9.98 Å². The highest BCUT2D eigenvalue weighted by Gasteiger charge is 2.42. The van der Waals surface area contributed by atoms with E-state index >= 15 is 0 Å². The van der Waals surface area contributed by atoms with Gasteiger partial charge in [-0.15, -0.1) is 0 Å². The van der Waals surface area contributed by atoms with E-state index in [0.29, 0.717) is 25.0 Å². The average molecular weight is 559 g/mol. The van der Waals surface area contributed by atoms with Crippen molar-refractivity contribution in [1.82, 2.24) is 0 Å². The van der Waals surface area contributed by atoms with Crippen LogP contribution in [0.15, 0.2) is 46.4 Å². The molecule has 4 rings (SSSR count). The molecule has 0 radical (unpaired) electrons. The molecular formula is C37H54N2O2. The maximum absolute atomic E-state index is 6.31. The second-order valence-electron chi connectivity index (χ2n) is 16.8. The minimum atomic E-state index is -0.549. The molecule has 2 heterocycles. The summed E-state index contributed by atoms with van der Waals surface area (Å²) in [7, 11) is 0. The summed E-state index contributed by atoms with van der Waals surface area (Å²) in [5.74, 6) is 1.42. The van der Waals surface area contributed by atoms with Crippen LogP contribution < -0.4 is 0 Å². The largest absolute Gasteiger partial charge is 0.478 e. The van der Waals surface area contributed by atoms with Crippen molar-refractivity contribution in [3.8, 4) is 0 Å². The van der Waals surface area contributed by atoms with Crippen LogP contribution in [-0.2, 0) is 31.1 Å². The van der Waals surface area contributed by atoms with E-state index in [4.69, 9.17) is 19.5 Å². The van der Waals surface area contributed by atoms with Gasteiger partial charge in [0.15, 0.2) is 11.8 Å². The van der Waals surface area contributed by atoms with Gasteiger partial charge in [-0.1, -0.05) is 119 Å². The van der Waals surface area contributed by atoms with Crippen molar-refractivity contribution in [2.24, 2.45) is 15.4 Å². The lowest BCUT2D eigenvalue weighted by atomic mass is 9.79. The van der Waals surface area contributed by atoms with Gasteiger partial charge in [-0.3, -0.25) is 0 Å². The van der Waals surface area contributed by atoms with Gasteiger partial charge in [0, 0.05) is 0 Å². The fourth-order valence-corrected chi connectivity index (χ4v) is 5.28. The lowest BCUT2D eigenvalue weighted by Crippen LogP contribution is -2.34. The monoisotopic (exact) mass is 558 g/mol. The molecule has 224 valence electrons. The Morgan fingerprint density at radius 2 is 0.732 bits per heavy atom. The highest BCUT2D eigenvalue weighted by molar-refractivity contribution is 6.05. The Bertz CT molecular complexity index is 1180. The molecule has 1 unspecified atom stereocenters. The van der Waals surface area contributed by atoms with E-state index in [9.17, 15) is 0 Å². The second kappa shape index (κ2) is 10.3. The third-order valence-corrected chi connectivity index (χ3v) is 8.52. The van der Waals surface area contributed by atoms with Gasteiger partial charge in [0.2, 0.25) is 0 Å². The van der Waals surface area contributed by atoms with Gasteiger partial charge in [0.1, 0.15) is 30.7 Å². The van der Waals surface area contributed by atoms with Crippen LogP contribution in [0, 0.1) is 5.41 Å². The van der Waals surface area contributed by atoms with Crippen LogP contribution in [0.3, 0.4) is 0 Å². The molecule has 0 saturated heterocycles. The van der Waals surface area contributed by atoms with Crippen LogP contribution >= 0.6 is 0 Å². The van der Waals surface area contributed by atoms with Gasteiger partial charge in [-0.05, 0) is 68.9 Å². The first-order valence-electron chi connectivity index (χ1n) is 15.3. The van der Waals surface area contributed by atoms with Crippen molar-refractivity contribution in [2.45, 2.75) is 131 Å². The number of hydrogen-bond donors (Lipinski definition) is 0. The third kappa shape index (κ3) is 6.73. The molecule has 0 N–H and O–H groups in total. The van der Waals surface area contributed by atoms with Crippen molar-refractivity contribution in [3.05, 3.63) is 69.8 Å². The van der Waals surface area contributed by atoms with E-state index in [-0.39, 0.29) is 33.7 Å². The molecule has 0 amide bonds. The lowest BCUT2D eigenvalue weighted by Gasteiger charge is -2.26. The molecule has 0 aromatic heterocycles. The summed E-state index contributed by atoms with van der Waals surface area (Å²) >= 11 is 0. The normalized spacial score (nSPS) is 20.4. The highest BCUT2D eigenvalue weighted by Crippen LogP contribution is 2.39. The number of nitrogens with zero attached hydrogens (tertiary/aromatic N) is 2. The number of ether oxygens (including phenoxy) is 2. The van der Waals surface area contributed by atoms with Crippen LogP contribution in [0.4, 0.5) is 0 Å². The first-order valence-corrected chi connectivity index (χ1v) is 15.3. The fourth-order valence-electron chi connectivity index (χ4n) is 5.28. The van der Waals surface area contributed by atoms with Gasteiger partial charge >= 0.3 is 0 Å². The Kier molecular flexibility index (Phi) is 7.85. The van der Waals surface area contributed by atoms with Crippen molar-refractivity contribution in [3.63, 3.8) is 0 Å². The number of aliphatic imine (C=N–C) groups is 2. The Morgan fingerprint density at radius 1 is 0.463 bits per heavy atom. The molecule has 0 bridgehead atoms. The first kappa shape index (κ1) is 31.3. The van der Waals surface area contributed by atoms with Crippen LogP contribution in [0.5, 0.6) is 0 Å². The predicted octanol–water partition coefficient (Wildman–Crippen LogP) is 9.54. The van der Waals surface area contributed by atoms with E-state index in [1.54, 1.807) is 0 Å². The van der Waals surface area contributed by atoms with E-state index < -0.39 is 5.41 Å². The van der Waals surface area contributed by atoms with Crippen molar-refractivity contribution in [2.75, 3.05) is 13.2 Å². The first-order chi connectivity index (χ1) is 18.6. The predicted molar refractivity (Wildman–Crippen MR) is 174 cm³/mol. The molecule has 2 aliphatic rings. The van der Waals surface area contributed by atoms with Gasteiger partial charge in [0.05, 0.1) is 0 Å². The van der Waals surface area contributed by atoms with Gasteiger partial charge in [0.25, 0.3) is 0 Å². The minimum Gasteiger partial charge on any atom is -0.478 e. The molecule has 0 aliphatic carbocycles. The van der Waals surface area contributed by atoms with Crippen molar-refractivity contribution < 1.29 is 9.47 Å². The standard InChI is InChI=1S/C37H54N2O2/c1-33(2,3)25-15-23(16-26(19-25)34(4,5)6)29-21-40-31(38-29)37(13,14)32-39-30(22-41-32)24-17-27(35(7,8)9)20-28(18-24)36(10,11)12/h15-20,29-30H,21-22H2,1-14H3/t29-,30?/m1/s1. The Hall–Kier alpha value is -2.62. The Balaban J connectivity index is 1.66. The molecule has 2 atom stereocenters. The van der Waals surface area contributed by atoms with E-state index in [1.807, 2.05) is 0 Å². The molecule has 4 nitrogen and oxygen atoms in total. The SMILES string of the molecule is CC(C)(C1=NC(c2cc(C(C)(C)C)cc(C(C)(C)C)c2)CO1)C1=N[C@@H](c2cc(C(C)(C)C)cc(C(C)(C)C)c2)CO1. The number of hydrogen-bond acceptors (Lipinski definition) is 4. The van der Waals surface area contributed by atoms with Crippen molar-refractivity contribution >= 4 is 11.8 Å². The van der Waals surface area contributed by atoms with Gasteiger partial charge < -0.3 is 9.47 Å². The molecular weight excluding hydrogens is 504 g/mol. The molecule has 0 spiro atoms. The summed E-state index contributed by atoms with van der Waals surface area (Å²) in [6.45, 7) is 32.6. The molecule has 0 fully saturated rings. The van der Waals surface area contributed by atoms with Gasteiger partial charge in [-0.2, -0.15) is 0 Å². The highest BCUT2D eigenvalue weighted by atomic mass is 16.5. The van der Waals surface area contributed by atoms with Crippen LogP contribution in [0.25, 0.3) is 0 Å². The zero-order chi connectivity index (χ0) is 30.8. The Labute approximate surface area is 250 Å². The van der Waals surface area contributed by atoms with Crippen LogP contribution in [0.1, 0.15) is 142 Å². The van der Waals surface area contributed by atoms with E-state index in [1.165, 1.54) is 33.4 Å². The summed E-state index contributed by atoms with van der Waals surface area (Å²) in [5, 5.41) is 0. The fraction of sp³-hybridized carbons (Fsp3) is 0.622. The zero-order valence-corrected chi connectivity index (χ0v) is 28.2. The smallest absolute Gasteiger partial charge is 0.199 e. The van der Waals surface area contributed by atoms with Crippen LogP contribution in [-0.4, -0.2) is 25.0 Å². The minimum absolute atomic E-state index is 0.0386. The molecule has 2 aromatic rings. The quantitative estimate of drug-likeness (QED) is 0.375. The number of rotatable bonds is 4. The molecule has 41 heavy (non-hydrogen) atoms. The summed E-state index contributed by atoms with van der Waals surface area (Å²) < 4.78 is 12.6. The molecule has 2 aromatic carbocycles. The maximum atomic E-state index is 6.31. The Morgan fingerprint density at radius 3 is 0.976 bits per heavy atom. The second-order valence-corrected chi connectivity index (χ2v) is 16.8. The summed E-state index contributed by atoms with van der Waals surface area (Å²) in [6.07, 6.45) is 0. The third-order valence-electron chi connectivity index (χ3n) is 8.52. The topological polar surface area (TPSA) is 43.2 Å². The van der Waals surface area contributed by atoms with Crippen molar-refractivity contribution in [1.29, 1.82) is 0 Å². The van der Waals surface area contributed by atoms with E-state index in [2.05, 4.69) is 133 Å². The summed E-state index contributed by atoms with van der Waals surface area (Å²) in [4.78, 5) is 10.3. The average Bonchev–Trinajstić information content (AvgIpc) is 3.52. The maximum Gasteiger partial charge on any atom is 0.199 e. The zero-order valence-electron chi connectivity index (χ0n) is 28.2. The molecule has 0 saturated carbocycles. The summed E-state index contributed by atoms with van der Waals surface area (Å²) in [5.41, 5.74) is 7.44. The molecule has 2 aliphatic heterocycles. The van der Waals surface area contributed by atoms with Crippen LogP contribution in [0.2, 0.25) is 0 Å². The lowest BCUT2D eigenvalue weighted by molar-refractivity contribution is 0.264.